The normalized spacial score (nSPS) is 12.7. The van der Waals surface area contributed by atoms with Gasteiger partial charge in [-0.15, -0.1) is 0 Å². The molecule has 0 spiro atoms. The number of carbonyl (C=O) groups excluding carboxylic acids is 1. The molecule has 0 unspecified atom stereocenters. The number of hydrogen-bond acceptors (Lipinski definition) is 6. The zero-order valence-electron chi connectivity index (χ0n) is 18.4. The number of carbonyl (C=O) groups is 1. The van der Waals surface area contributed by atoms with Crippen LogP contribution in [0.2, 0.25) is 0 Å². The third kappa shape index (κ3) is 6.80. The summed E-state index contributed by atoms with van der Waals surface area (Å²) in [6.45, 7) is 7.72. The molecule has 0 fully saturated rings. The second-order valence-corrected chi connectivity index (χ2v) is 8.95. The topological polar surface area (TPSA) is 106 Å². The number of amides is 1. The van der Waals surface area contributed by atoms with E-state index in [1.807, 2.05) is 13.8 Å². The Morgan fingerprint density at radius 2 is 1.81 bits per heavy atom. The minimum absolute atomic E-state index is 0.0988. The molecular formula is C22H29N3O5S. The summed E-state index contributed by atoms with van der Waals surface area (Å²) in [6, 6.07) is 10.7. The van der Waals surface area contributed by atoms with Gasteiger partial charge in [0, 0.05) is 0 Å². The zero-order chi connectivity index (χ0) is 23.0. The lowest BCUT2D eigenvalue weighted by Gasteiger charge is -2.20. The zero-order valence-corrected chi connectivity index (χ0v) is 19.2. The van der Waals surface area contributed by atoms with Gasteiger partial charge >= 0.3 is 0 Å². The summed E-state index contributed by atoms with van der Waals surface area (Å²) in [7, 11) is -2.31. The van der Waals surface area contributed by atoms with Crippen LogP contribution in [0.25, 0.3) is 0 Å². The van der Waals surface area contributed by atoms with Crippen LogP contribution in [0.15, 0.2) is 52.5 Å². The second kappa shape index (κ2) is 10.9. The number of hydrogen-bond donors (Lipinski definition) is 2. The molecule has 2 aromatic carbocycles. The molecule has 0 heterocycles. The van der Waals surface area contributed by atoms with Crippen molar-refractivity contribution in [2.75, 3.05) is 13.7 Å². The predicted molar refractivity (Wildman–Crippen MR) is 120 cm³/mol. The van der Waals surface area contributed by atoms with E-state index in [1.54, 1.807) is 51.3 Å². The Hall–Kier alpha value is -2.91. The van der Waals surface area contributed by atoms with Crippen molar-refractivity contribution in [3.63, 3.8) is 0 Å². The monoisotopic (exact) mass is 447 g/mol. The molecule has 31 heavy (non-hydrogen) atoms. The average molecular weight is 448 g/mol. The number of methoxy groups -OCH3 is 1. The van der Waals surface area contributed by atoms with Crippen LogP contribution in [0.5, 0.6) is 11.5 Å². The van der Waals surface area contributed by atoms with Crippen LogP contribution in [0.1, 0.15) is 31.9 Å². The highest BCUT2D eigenvalue weighted by molar-refractivity contribution is 7.89. The molecule has 0 saturated carbocycles. The molecule has 2 N–H and O–H groups in total. The molecule has 1 atom stereocenters. The van der Waals surface area contributed by atoms with Gasteiger partial charge in [0.05, 0.1) is 24.8 Å². The van der Waals surface area contributed by atoms with Gasteiger partial charge in [0.1, 0.15) is 6.04 Å². The quantitative estimate of drug-likeness (QED) is 0.430. The van der Waals surface area contributed by atoms with Gasteiger partial charge in [-0.1, -0.05) is 31.5 Å². The number of sulfonamides is 1. The summed E-state index contributed by atoms with van der Waals surface area (Å²) in [6.07, 6.45) is 1.45. The first-order chi connectivity index (χ1) is 14.7. The smallest absolute Gasteiger partial charge is 0.258 e. The average Bonchev–Trinajstić information content (AvgIpc) is 2.72. The summed E-state index contributed by atoms with van der Waals surface area (Å²) in [5.74, 6) is 0.307. The van der Waals surface area contributed by atoms with Crippen molar-refractivity contribution in [2.45, 2.75) is 38.6 Å². The first-order valence-electron chi connectivity index (χ1n) is 9.90. The van der Waals surface area contributed by atoms with E-state index >= 15 is 0 Å². The van der Waals surface area contributed by atoms with Gasteiger partial charge in [-0.2, -0.15) is 9.82 Å². The van der Waals surface area contributed by atoms with Gasteiger partial charge in [0.25, 0.3) is 5.91 Å². The van der Waals surface area contributed by atoms with Crippen molar-refractivity contribution in [1.82, 2.24) is 10.1 Å². The van der Waals surface area contributed by atoms with Crippen molar-refractivity contribution in [3.05, 3.63) is 53.6 Å². The molecule has 9 heteroatoms. The predicted octanol–water partition coefficient (Wildman–Crippen LogP) is 2.86. The van der Waals surface area contributed by atoms with E-state index in [-0.39, 0.29) is 10.8 Å². The van der Waals surface area contributed by atoms with Crippen molar-refractivity contribution in [3.8, 4) is 11.5 Å². The summed E-state index contributed by atoms with van der Waals surface area (Å²) >= 11 is 0. The SMILES string of the molecule is CCOc1cc(/C=N\NC(=O)[C@@H](NS(=O)(=O)c2ccc(C)cc2)C(C)C)ccc1OC. The van der Waals surface area contributed by atoms with E-state index in [9.17, 15) is 13.2 Å². The molecule has 0 aliphatic heterocycles. The molecule has 2 rings (SSSR count). The minimum atomic E-state index is -3.86. The highest BCUT2D eigenvalue weighted by Crippen LogP contribution is 2.27. The fourth-order valence-electron chi connectivity index (χ4n) is 2.73. The molecule has 8 nitrogen and oxygen atoms in total. The molecule has 0 saturated heterocycles. The van der Waals surface area contributed by atoms with Crippen LogP contribution < -0.4 is 19.6 Å². The summed E-state index contributed by atoms with van der Waals surface area (Å²) < 4.78 is 38.5. The molecule has 168 valence electrons. The molecule has 0 aromatic heterocycles. The van der Waals surface area contributed by atoms with Crippen LogP contribution in [-0.4, -0.2) is 40.3 Å². The van der Waals surface area contributed by atoms with E-state index in [2.05, 4.69) is 15.2 Å². The molecule has 0 radical (unpaired) electrons. The molecule has 0 bridgehead atoms. The van der Waals surface area contributed by atoms with E-state index < -0.39 is 22.0 Å². The molecule has 2 aromatic rings. The number of aryl methyl sites for hydroxylation is 1. The number of hydrazone groups is 1. The fraction of sp³-hybridized carbons (Fsp3) is 0.364. The van der Waals surface area contributed by atoms with Gasteiger partial charge in [0.15, 0.2) is 11.5 Å². The molecule has 0 aliphatic carbocycles. The summed E-state index contributed by atoms with van der Waals surface area (Å²) in [5, 5.41) is 3.96. The lowest BCUT2D eigenvalue weighted by atomic mass is 10.1. The lowest BCUT2D eigenvalue weighted by molar-refractivity contribution is -0.123. The van der Waals surface area contributed by atoms with Crippen LogP contribution in [0, 0.1) is 12.8 Å². The third-order valence-electron chi connectivity index (χ3n) is 4.44. The van der Waals surface area contributed by atoms with E-state index in [0.29, 0.717) is 23.7 Å². The maximum absolute atomic E-state index is 12.7. The van der Waals surface area contributed by atoms with E-state index in [0.717, 1.165) is 5.56 Å². The molecule has 1 amide bonds. The maximum atomic E-state index is 12.7. The van der Waals surface area contributed by atoms with E-state index in [4.69, 9.17) is 9.47 Å². The van der Waals surface area contributed by atoms with Gasteiger partial charge in [-0.05, 0) is 55.7 Å². The van der Waals surface area contributed by atoms with Gasteiger partial charge in [-0.3, -0.25) is 4.79 Å². The largest absolute Gasteiger partial charge is 0.493 e. The first-order valence-corrected chi connectivity index (χ1v) is 11.4. The number of rotatable bonds is 10. The van der Waals surface area contributed by atoms with Crippen molar-refractivity contribution in [2.24, 2.45) is 11.0 Å². The van der Waals surface area contributed by atoms with Crippen LogP contribution in [0.4, 0.5) is 0 Å². The lowest BCUT2D eigenvalue weighted by Crippen LogP contribution is -2.48. The fourth-order valence-corrected chi connectivity index (χ4v) is 4.07. The van der Waals surface area contributed by atoms with Crippen molar-refractivity contribution < 1.29 is 22.7 Å². The van der Waals surface area contributed by atoms with Crippen LogP contribution in [0.3, 0.4) is 0 Å². The number of ether oxygens (including phenoxy) is 2. The standard InChI is InChI=1S/C22H29N3O5S/c1-6-30-20-13-17(9-12-19(20)29-5)14-23-24-22(26)21(15(2)3)25-31(27,28)18-10-7-16(4)8-11-18/h7-15,21,25H,6H2,1-5H3,(H,24,26)/b23-14-/t21-/m0/s1. The Bertz CT molecular complexity index is 1020. The first kappa shape index (κ1) is 24.4. The summed E-state index contributed by atoms with van der Waals surface area (Å²) in [4.78, 5) is 12.7. The third-order valence-corrected chi connectivity index (χ3v) is 5.90. The number of nitrogens with zero attached hydrogens (tertiary/aromatic N) is 1. The Morgan fingerprint density at radius 3 is 2.39 bits per heavy atom. The van der Waals surface area contributed by atoms with Gasteiger partial charge in [-0.25, -0.2) is 13.8 Å². The number of benzene rings is 2. The Kier molecular flexibility index (Phi) is 8.58. The Labute approximate surface area is 183 Å². The molecular weight excluding hydrogens is 418 g/mol. The van der Waals surface area contributed by atoms with E-state index in [1.165, 1.54) is 18.3 Å². The Balaban J connectivity index is 2.10. The number of nitrogens with one attached hydrogen (secondary N) is 2. The molecule has 0 aliphatic rings. The maximum Gasteiger partial charge on any atom is 0.258 e. The van der Waals surface area contributed by atoms with Crippen LogP contribution >= 0.6 is 0 Å². The van der Waals surface area contributed by atoms with Crippen LogP contribution in [-0.2, 0) is 14.8 Å². The highest BCUT2D eigenvalue weighted by Gasteiger charge is 2.28. The summed E-state index contributed by atoms with van der Waals surface area (Å²) in [5.41, 5.74) is 4.04. The van der Waals surface area contributed by atoms with Crippen molar-refractivity contribution in [1.29, 1.82) is 0 Å². The highest BCUT2D eigenvalue weighted by atomic mass is 32.2. The van der Waals surface area contributed by atoms with Gasteiger partial charge in [0.2, 0.25) is 10.0 Å². The minimum Gasteiger partial charge on any atom is -0.493 e. The van der Waals surface area contributed by atoms with Crippen molar-refractivity contribution >= 4 is 22.1 Å². The Morgan fingerprint density at radius 1 is 1.13 bits per heavy atom. The second-order valence-electron chi connectivity index (χ2n) is 7.23. The van der Waals surface area contributed by atoms with Gasteiger partial charge < -0.3 is 9.47 Å².